The molecule has 0 atom stereocenters. The summed E-state index contributed by atoms with van der Waals surface area (Å²) in [6.07, 6.45) is 0. The number of rotatable bonds is 5. The maximum Gasteiger partial charge on any atom is 0.123 e. The standard InChI is InChI=1S/C11H16BrN3O/c1-15(5-6-16-2)8-3-4-9(11(13)14)10(12)7-8/h3-4,7H,5-6H2,1-2H3,(H3,13,14). The molecule has 0 aromatic heterocycles. The minimum absolute atomic E-state index is 0.0676. The Morgan fingerprint density at radius 2 is 2.25 bits per heavy atom. The van der Waals surface area contributed by atoms with Gasteiger partial charge in [-0.3, -0.25) is 5.41 Å². The number of likely N-dealkylation sites (N-methyl/N-ethyl adjacent to an activating group) is 1. The normalized spacial score (nSPS) is 10.2. The van der Waals surface area contributed by atoms with Crippen molar-refractivity contribution in [3.63, 3.8) is 0 Å². The van der Waals surface area contributed by atoms with Crippen LogP contribution in [0.4, 0.5) is 5.69 Å². The zero-order valence-electron chi connectivity index (χ0n) is 9.46. The minimum Gasteiger partial charge on any atom is -0.384 e. The Morgan fingerprint density at radius 3 is 2.75 bits per heavy atom. The number of anilines is 1. The molecule has 0 saturated carbocycles. The Labute approximate surface area is 104 Å². The van der Waals surface area contributed by atoms with Gasteiger partial charge in [0.2, 0.25) is 0 Å². The van der Waals surface area contributed by atoms with Gasteiger partial charge in [0.05, 0.1) is 6.61 Å². The van der Waals surface area contributed by atoms with Crippen molar-refractivity contribution in [1.82, 2.24) is 0 Å². The average Bonchev–Trinajstić information content (AvgIpc) is 2.25. The van der Waals surface area contributed by atoms with Gasteiger partial charge in [-0.05, 0) is 34.1 Å². The van der Waals surface area contributed by atoms with Gasteiger partial charge in [0.25, 0.3) is 0 Å². The van der Waals surface area contributed by atoms with E-state index >= 15 is 0 Å². The summed E-state index contributed by atoms with van der Waals surface area (Å²) >= 11 is 3.41. The first kappa shape index (κ1) is 13.0. The Bertz CT molecular complexity index is 381. The molecule has 0 spiro atoms. The van der Waals surface area contributed by atoms with E-state index in [1.54, 1.807) is 7.11 Å². The first-order valence-electron chi connectivity index (χ1n) is 4.90. The van der Waals surface area contributed by atoms with Gasteiger partial charge in [0.1, 0.15) is 5.84 Å². The fraction of sp³-hybridized carbons (Fsp3) is 0.364. The Balaban J connectivity index is 2.84. The van der Waals surface area contributed by atoms with Crippen molar-refractivity contribution >= 4 is 27.5 Å². The van der Waals surface area contributed by atoms with Crippen molar-refractivity contribution in [1.29, 1.82) is 5.41 Å². The van der Waals surface area contributed by atoms with Gasteiger partial charge < -0.3 is 15.4 Å². The van der Waals surface area contributed by atoms with Gasteiger partial charge in [-0.15, -0.1) is 0 Å². The average molecular weight is 286 g/mol. The molecule has 0 heterocycles. The quantitative estimate of drug-likeness (QED) is 0.641. The lowest BCUT2D eigenvalue weighted by Gasteiger charge is -2.19. The molecule has 0 saturated heterocycles. The zero-order valence-corrected chi connectivity index (χ0v) is 11.0. The molecule has 3 N–H and O–H groups in total. The monoisotopic (exact) mass is 285 g/mol. The van der Waals surface area contributed by atoms with Gasteiger partial charge >= 0.3 is 0 Å². The molecule has 88 valence electrons. The van der Waals surface area contributed by atoms with Gasteiger partial charge in [0, 0.05) is 36.4 Å². The number of methoxy groups -OCH3 is 1. The van der Waals surface area contributed by atoms with Crippen LogP contribution in [0.25, 0.3) is 0 Å². The van der Waals surface area contributed by atoms with Crippen molar-refractivity contribution in [2.75, 3.05) is 32.2 Å². The highest BCUT2D eigenvalue weighted by molar-refractivity contribution is 9.10. The predicted molar refractivity (Wildman–Crippen MR) is 70.3 cm³/mol. The van der Waals surface area contributed by atoms with E-state index in [9.17, 15) is 0 Å². The van der Waals surface area contributed by atoms with Crippen molar-refractivity contribution in [2.45, 2.75) is 0 Å². The van der Waals surface area contributed by atoms with Crippen LogP contribution in [0.15, 0.2) is 22.7 Å². The maximum absolute atomic E-state index is 7.38. The van der Waals surface area contributed by atoms with E-state index in [0.29, 0.717) is 12.2 Å². The number of hydrogen-bond acceptors (Lipinski definition) is 3. The molecule has 0 unspecified atom stereocenters. The summed E-state index contributed by atoms with van der Waals surface area (Å²) in [5, 5.41) is 7.38. The first-order valence-corrected chi connectivity index (χ1v) is 5.69. The summed E-state index contributed by atoms with van der Waals surface area (Å²) in [5.74, 6) is 0.0676. The Morgan fingerprint density at radius 1 is 1.56 bits per heavy atom. The highest BCUT2D eigenvalue weighted by Crippen LogP contribution is 2.23. The molecule has 16 heavy (non-hydrogen) atoms. The van der Waals surface area contributed by atoms with Crippen LogP contribution in [-0.4, -0.2) is 33.1 Å². The van der Waals surface area contributed by atoms with Crippen molar-refractivity contribution in [3.8, 4) is 0 Å². The van der Waals surface area contributed by atoms with Crippen LogP contribution in [-0.2, 0) is 4.74 Å². The fourth-order valence-electron chi connectivity index (χ4n) is 1.32. The van der Waals surface area contributed by atoms with Gasteiger partial charge in [0.15, 0.2) is 0 Å². The fourth-order valence-corrected chi connectivity index (χ4v) is 1.90. The SMILES string of the molecule is COCCN(C)c1ccc(C(=N)N)c(Br)c1. The summed E-state index contributed by atoms with van der Waals surface area (Å²) in [4.78, 5) is 2.08. The lowest BCUT2D eigenvalue weighted by atomic mass is 10.2. The second-order valence-corrected chi connectivity index (χ2v) is 4.35. The summed E-state index contributed by atoms with van der Waals surface area (Å²) in [5.41, 5.74) is 7.22. The molecule has 1 aromatic carbocycles. The molecular formula is C11H16BrN3O. The summed E-state index contributed by atoms with van der Waals surface area (Å²) < 4.78 is 5.85. The summed E-state index contributed by atoms with van der Waals surface area (Å²) in [6, 6.07) is 5.73. The highest BCUT2D eigenvalue weighted by Gasteiger charge is 2.06. The number of nitrogen functional groups attached to an aromatic ring is 1. The third-order valence-electron chi connectivity index (χ3n) is 2.31. The zero-order chi connectivity index (χ0) is 12.1. The van der Waals surface area contributed by atoms with E-state index in [1.807, 2.05) is 25.2 Å². The predicted octanol–water partition coefficient (Wildman–Crippen LogP) is 1.82. The molecule has 0 aliphatic heterocycles. The number of amidine groups is 1. The van der Waals surface area contributed by atoms with Crippen LogP contribution in [0.5, 0.6) is 0 Å². The molecular weight excluding hydrogens is 270 g/mol. The number of hydrogen-bond donors (Lipinski definition) is 2. The first-order chi connectivity index (χ1) is 7.56. The number of ether oxygens (including phenoxy) is 1. The lowest BCUT2D eigenvalue weighted by Crippen LogP contribution is -2.22. The van der Waals surface area contributed by atoms with E-state index in [4.69, 9.17) is 15.9 Å². The number of nitrogens with one attached hydrogen (secondary N) is 1. The molecule has 1 rings (SSSR count). The van der Waals surface area contributed by atoms with Crippen LogP contribution in [0.3, 0.4) is 0 Å². The van der Waals surface area contributed by atoms with Crippen molar-refractivity contribution in [2.24, 2.45) is 5.73 Å². The second kappa shape index (κ2) is 5.86. The van der Waals surface area contributed by atoms with Crippen LogP contribution in [0.2, 0.25) is 0 Å². The van der Waals surface area contributed by atoms with Gasteiger partial charge in [-0.1, -0.05) is 0 Å². The van der Waals surface area contributed by atoms with E-state index in [-0.39, 0.29) is 5.84 Å². The molecule has 0 amide bonds. The van der Waals surface area contributed by atoms with Crippen LogP contribution >= 0.6 is 15.9 Å². The second-order valence-electron chi connectivity index (χ2n) is 3.49. The maximum atomic E-state index is 7.38. The Kier molecular flexibility index (Phi) is 4.76. The van der Waals surface area contributed by atoms with E-state index < -0.39 is 0 Å². The number of benzene rings is 1. The molecule has 1 aromatic rings. The molecule has 0 bridgehead atoms. The van der Waals surface area contributed by atoms with Crippen LogP contribution in [0.1, 0.15) is 5.56 Å². The van der Waals surface area contributed by atoms with E-state index in [2.05, 4.69) is 20.8 Å². The molecule has 0 aliphatic rings. The molecule has 0 aliphatic carbocycles. The van der Waals surface area contributed by atoms with Gasteiger partial charge in [-0.2, -0.15) is 0 Å². The van der Waals surface area contributed by atoms with Crippen molar-refractivity contribution in [3.05, 3.63) is 28.2 Å². The third-order valence-corrected chi connectivity index (χ3v) is 2.97. The number of halogens is 1. The van der Waals surface area contributed by atoms with Gasteiger partial charge in [-0.25, -0.2) is 0 Å². The minimum atomic E-state index is 0.0676. The highest BCUT2D eigenvalue weighted by atomic mass is 79.9. The van der Waals surface area contributed by atoms with Crippen LogP contribution in [0, 0.1) is 5.41 Å². The largest absolute Gasteiger partial charge is 0.384 e. The number of nitrogens with zero attached hydrogens (tertiary/aromatic N) is 1. The lowest BCUT2D eigenvalue weighted by molar-refractivity contribution is 0.206. The molecule has 4 nitrogen and oxygen atoms in total. The van der Waals surface area contributed by atoms with Crippen LogP contribution < -0.4 is 10.6 Å². The topological polar surface area (TPSA) is 62.3 Å². The number of nitrogens with two attached hydrogens (primary N) is 1. The molecule has 0 fully saturated rings. The third kappa shape index (κ3) is 3.21. The molecule has 5 heteroatoms. The summed E-state index contributed by atoms with van der Waals surface area (Å²) in [6.45, 7) is 1.50. The van der Waals surface area contributed by atoms with E-state index in [0.717, 1.165) is 16.7 Å². The van der Waals surface area contributed by atoms with Crippen molar-refractivity contribution < 1.29 is 4.74 Å². The molecule has 0 radical (unpaired) electrons. The smallest absolute Gasteiger partial charge is 0.123 e. The van der Waals surface area contributed by atoms with E-state index in [1.165, 1.54) is 0 Å². The Hall–Kier alpha value is -1.07. The summed E-state index contributed by atoms with van der Waals surface area (Å²) in [7, 11) is 3.68.